The third-order valence-corrected chi connectivity index (χ3v) is 4.99. The largest absolute Gasteiger partial charge is 0.478 e. The smallest absolute Gasteiger partial charge is 0.335 e. The molecule has 25 heavy (non-hydrogen) atoms. The van der Waals surface area contributed by atoms with Gasteiger partial charge in [0.1, 0.15) is 0 Å². The van der Waals surface area contributed by atoms with Crippen LogP contribution in [0.15, 0.2) is 54.6 Å². The molecule has 3 rings (SSSR count). The summed E-state index contributed by atoms with van der Waals surface area (Å²) in [5, 5.41) is 9.00. The highest BCUT2D eigenvalue weighted by molar-refractivity contribution is 5.87. The minimum Gasteiger partial charge on any atom is -0.478 e. The quantitative estimate of drug-likeness (QED) is 0.876. The molecule has 0 amide bonds. The van der Waals surface area contributed by atoms with E-state index in [4.69, 9.17) is 5.11 Å². The molecule has 1 unspecified atom stereocenters. The number of nitrogens with zero attached hydrogens (tertiary/aromatic N) is 2. The van der Waals surface area contributed by atoms with Gasteiger partial charge in [-0.05, 0) is 49.7 Å². The molecule has 0 radical (unpaired) electrons. The highest BCUT2D eigenvalue weighted by Gasteiger charge is 2.23. The Bertz CT molecular complexity index is 685. The Kier molecular flexibility index (Phi) is 5.84. The molecule has 4 nitrogen and oxygen atoms in total. The van der Waals surface area contributed by atoms with Crippen LogP contribution >= 0.6 is 0 Å². The zero-order valence-corrected chi connectivity index (χ0v) is 14.8. The highest BCUT2D eigenvalue weighted by Crippen LogP contribution is 2.19. The second kappa shape index (κ2) is 8.28. The molecule has 1 atom stereocenters. The number of piperidine rings is 1. The monoisotopic (exact) mass is 338 g/mol. The molecular formula is C21H26N2O2. The van der Waals surface area contributed by atoms with Gasteiger partial charge < -0.3 is 5.11 Å². The summed E-state index contributed by atoms with van der Waals surface area (Å²) in [6.07, 6.45) is 2.44. The van der Waals surface area contributed by atoms with Crippen molar-refractivity contribution in [2.45, 2.75) is 32.0 Å². The van der Waals surface area contributed by atoms with E-state index >= 15 is 0 Å². The second-order valence-electron chi connectivity index (χ2n) is 6.93. The number of benzene rings is 2. The number of hydrogen-bond acceptors (Lipinski definition) is 3. The number of hydrogen-bond donors (Lipinski definition) is 1. The number of aromatic carboxylic acids is 1. The van der Waals surface area contributed by atoms with E-state index in [2.05, 4.69) is 47.2 Å². The third kappa shape index (κ3) is 4.91. The minimum absolute atomic E-state index is 0.345. The first-order valence-corrected chi connectivity index (χ1v) is 8.90. The van der Waals surface area contributed by atoms with Gasteiger partial charge in [0.25, 0.3) is 0 Å². The van der Waals surface area contributed by atoms with E-state index < -0.39 is 5.97 Å². The molecule has 0 aliphatic carbocycles. The molecule has 1 aliphatic rings. The van der Waals surface area contributed by atoms with E-state index in [1.54, 1.807) is 12.1 Å². The Morgan fingerprint density at radius 3 is 2.52 bits per heavy atom. The van der Waals surface area contributed by atoms with Gasteiger partial charge in [-0.3, -0.25) is 9.80 Å². The minimum atomic E-state index is -0.872. The van der Waals surface area contributed by atoms with Gasteiger partial charge in [-0.2, -0.15) is 0 Å². The molecular weight excluding hydrogens is 312 g/mol. The van der Waals surface area contributed by atoms with Crippen LogP contribution in [0.25, 0.3) is 0 Å². The van der Waals surface area contributed by atoms with Gasteiger partial charge in [-0.1, -0.05) is 42.5 Å². The van der Waals surface area contributed by atoms with Gasteiger partial charge in [0, 0.05) is 25.7 Å². The summed E-state index contributed by atoms with van der Waals surface area (Å²) in [5.74, 6) is -0.872. The summed E-state index contributed by atoms with van der Waals surface area (Å²) >= 11 is 0. The van der Waals surface area contributed by atoms with Crippen LogP contribution in [-0.4, -0.2) is 47.1 Å². The van der Waals surface area contributed by atoms with E-state index in [1.807, 2.05) is 12.1 Å². The molecule has 1 N–H and O–H groups in total. The number of carbonyl (C=O) groups is 1. The van der Waals surface area contributed by atoms with Crippen molar-refractivity contribution in [3.63, 3.8) is 0 Å². The summed E-state index contributed by atoms with van der Waals surface area (Å²) in [7, 11) is 2.17. The molecule has 0 bridgehead atoms. The predicted molar refractivity (Wildman–Crippen MR) is 99.6 cm³/mol. The molecule has 1 heterocycles. The lowest BCUT2D eigenvalue weighted by molar-refractivity contribution is 0.0697. The third-order valence-electron chi connectivity index (χ3n) is 4.99. The lowest BCUT2D eigenvalue weighted by Gasteiger charge is -2.37. The number of carboxylic acids is 1. The zero-order valence-electron chi connectivity index (χ0n) is 14.8. The van der Waals surface area contributed by atoms with Crippen molar-refractivity contribution in [3.8, 4) is 0 Å². The molecule has 0 spiro atoms. The number of likely N-dealkylation sites (N-methyl/N-ethyl adjacent to an activating group) is 1. The average Bonchev–Trinajstić information content (AvgIpc) is 2.63. The van der Waals surface area contributed by atoms with Crippen LogP contribution in [0.4, 0.5) is 0 Å². The number of carboxylic acid groups (broad SMARTS) is 1. The Balaban J connectivity index is 1.56. The highest BCUT2D eigenvalue weighted by atomic mass is 16.4. The van der Waals surface area contributed by atoms with Crippen molar-refractivity contribution >= 4 is 5.97 Å². The average molecular weight is 338 g/mol. The van der Waals surface area contributed by atoms with Crippen LogP contribution in [0.2, 0.25) is 0 Å². The predicted octanol–water partition coefficient (Wildman–Crippen LogP) is 3.48. The fraction of sp³-hybridized carbons (Fsp3) is 0.381. The van der Waals surface area contributed by atoms with Crippen molar-refractivity contribution in [2.24, 2.45) is 0 Å². The van der Waals surface area contributed by atoms with Crippen molar-refractivity contribution in [1.82, 2.24) is 9.80 Å². The summed E-state index contributed by atoms with van der Waals surface area (Å²) in [6, 6.07) is 18.4. The van der Waals surface area contributed by atoms with Crippen molar-refractivity contribution in [1.29, 1.82) is 0 Å². The van der Waals surface area contributed by atoms with Crippen LogP contribution in [0.5, 0.6) is 0 Å². The molecule has 0 aromatic heterocycles. The van der Waals surface area contributed by atoms with Gasteiger partial charge in [-0.25, -0.2) is 4.79 Å². The Labute approximate surface area is 149 Å². The Morgan fingerprint density at radius 2 is 1.84 bits per heavy atom. The summed E-state index contributed by atoms with van der Waals surface area (Å²) in [6.45, 7) is 4.10. The van der Waals surface area contributed by atoms with E-state index in [9.17, 15) is 4.79 Å². The summed E-state index contributed by atoms with van der Waals surface area (Å²) in [5.41, 5.74) is 2.88. The van der Waals surface area contributed by atoms with Crippen LogP contribution < -0.4 is 0 Å². The van der Waals surface area contributed by atoms with Gasteiger partial charge in [0.15, 0.2) is 0 Å². The molecule has 2 aromatic carbocycles. The molecule has 4 heteroatoms. The normalized spacial score (nSPS) is 18.4. The van der Waals surface area contributed by atoms with Gasteiger partial charge in [-0.15, -0.1) is 0 Å². The molecule has 2 aromatic rings. The van der Waals surface area contributed by atoms with E-state index in [-0.39, 0.29) is 0 Å². The van der Waals surface area contributed by atoms with E-state index in [0.29, 0.717) is 11.6 Å². The summed E-state index contributed by atoms with van der Waals surface area (Å²) < 4.78 is 0. The van der Waals surface area contributed by atoms with Crippen LogP contribution in [0.3, 0.4) is 0 Å². The first-order chi connectivity index (χ1) is 12.1. The first-order valence-electron chi connectivity index (χ1n) is 8.90. The molecule has 1 fully saturated rings. The fourth-order valence-corrected chi connectivity index (χ4v) is 3.55. The number of likely N-dealkylation sites (tertiary alicyclic amines) is 1. The molecule has 1 saturated heterocycles. The summed E-state index contributed by atoms with van der Waals surface area (Å²) in [4.78, 5) is 15.9. The maximum atomic E-state index is 11.0. The lowest BCUT2D eigenvalue weighted by atomic mass is 10.0. The van der Waals surface area contributed by atoms with Gasteiger partial charge >= 0.3 is 5.97 Å². The Hall–Kier alpha value is -2.17. The van der Waals surface area contributed by atoms with Crippen LogP contribution in [-0.2, 0) is 13.1 Å². The maximum Gasteiger partial charge on any atom is 0.335 e. The van der Waals surface area contributed by atoms with Crippen LogP contribution in [0.1, 0.15) is 34.3 Å². The van der Waals surface area contributed by atoms with Crippen LogP contribution in [0, 0.1) is 0 Å². The Morgan fingerprint density at radius 1 is 1.12 bits per heavy atom. The van der Waals surface area contributed by atoms with Crippen molar-refractivity contribution in [2.75, 3.05) is 20.1 Å². The second-order valence-corrected chi connectivity index (χ2v) is 6.93. The maximum absolute atomic E-state index is 11.0. The number of rotatable bonds is 6. The first kappa shape index (κ1) is 17.6. The van der Waals surface area contributed by atoms with E-state index in [0.717, 1.165) is 31.7 Å². The fourth-order valence-electron chi connectivity index (χ4n) is 3.55. The SMILES string of the molecule is CN(Cc1ccc(C(=O)O)cc1)C1CCCN(Cc2ccccc2)C1. The van der Waals surface area contributed by atoms with Gasteiger partial charge in [0.2, 0.25) is 0 Å². The van der Waals surface area contributed by atoms with E-state index in [1.165, 1.54) is 18.4 Å². The standard InChI is InChI=1S/C21H26N2O2/c1-22(14-18-9-11-19(12-10-18)21(24)25)20-8-5-13-23(16-20)15-17-6-3-2-4-7-17/h2-4,6-7,9-12,20H,5,8,13-16H2,1H3,(H,24,25). The van der Waals surface area contributed by atoms with Gasteiger partial charge in [0.05, 0.1) is 5.56 Å². The van der Waals surface area contributed by atoms with Crippen molar-refractivity contribution in [3.05, 3.63) is 71.3 Å². The lowest BCUT2D eigenvalue weighted by Crippen LogP contribution is -2.45. The molecule has 0 saturated carbocycles. The molecule has 1 aliphatic heterocycles. The molecule has 132 valence electrons. The zero-order chi connectivity index (χ0) is 17.6. The topological polar surface area (TPSA) is 43.8 Å². The van der Waals surface area contributed by atoms with Crippen molar-refractivity contribution < 1.29 is 9.90 Å².